The molecule has 5 nitrogen and oxygen atoms in total. The van der Waals surface area contributed by atoms with E-state index in [4.69, 9.17) is 4.74 Å². The molecular formula is C18H23N3O2S. The molecule has 0 saturated carbocycles. The van der Waals surface area contributed by atoms with Crippen LogP contribution in [-0.2, 0) is 11.0 Å². The van der Waals surface area contributed by atoms with Crippen LogP contribution < -0.4 is 10.1 Å². The van der Waals surface area contributed by atoms with E-state index in [0.717, 1.165) is 41.7 Å². The Balaban J connectivity index is 1.66. The minimum Gasteiger partial charge on any atom is -0.494 e. The third-order valence-corrected chi connectivity index (χ3v) is 6.72. The highest BCUT2D eigenvalue weighted by atomic mass is 32.2. The largest absolute Gasteiger partial charge is 0.494 e. The average molecular weight is 345 g/mol. The lowest BCUT2D eigenvalue weighted by molar-refractivity contribution is 0.175. The first-order chi connectivity index (χ1) is 11.8. The second-order valence-electron chi connectivity index (χ2n) is 6.58. The average Bonchev–Trinajstić information content (AvgIpc) is 2.66. The Labute approximate surface area is 145 Å². The fourth-order valence-corrected chi connectivity index (χ4v) is 5.44. The Hall–Kier alpha value is -1.50. The number of benzene rings is 1. The van der Waals surface area contributed by atoms with E-state index in [2.05, 4.69) is 14.6 Å². The van der Waals surface area contributed by atoms with Crippen molar-refractivity contribution in [3.05, 3.63) is 30.6 Å². The summed E-state index contributed by atoms with van der Waals surface area (Å²) in [5.74, 6) is 1.29. The molecule has 0 spiro atoms. The van der Waals surface area contributed by atoms with Gasteiger partial charge in [-0.05, 0) is 37.8 Å². The number of methoxy groups -OCH3 is 1. The Morgan fingerprint density at radius 1 is 1.33 bits per heavy atom. The molecule has 6 heteroatoms. The Morgan fingerprint density at radius 2 is 2.25 bits per heavy atom. The van der Waals surface area contributed by atoms with Crippen LogP contribution in [0.1, 0.15) is 19.3 Å². The monoisotopic (exact) mass is 345 g/mol. The molecule has 1 aromatic heterocycles. The molecule has 0 aliphatic carbocycles. The molecular weight excluding hydrogens is 322 g/mol. The van der Waals surface area contributed by atoms with Crippen molar-refractivity contribution in [1.29, 1.82) is 0 Å². The van der Waals surface area contributed by atoms with Gasteiger partial charge in [0.05, 0.1) is 18.2 Å². The van der Waals surface area contributed by atoms with Gasteiger partial charge >= 0.3 is 0 Å². The van der Waals surface area contributed by atoms with Crippen LogP contribution in [0.4, 0.5) is 0 Å². The zero-order chi connectivity index (χ0) is 16.5. The fraction of sp³-hybridized carbons (Fsp3) is 0.500. The molecule has 1 aromatic carbocycles. The predicted molar refractivity (Wildman–Crippen MR) is 95.4 cm³/mol. The standard InChI is InChI=1S/C18H23N3O2S/c1-23-16-11-19-10-13-4-2-6-17(18(13)16)24(22)21-9-7-15-14(12-21)5-3-8-20-15/h2,4,6,10-11,14-15,20H,3,5,7-9,12H2,1H3. The normalized spacial score (nSPS) is 26.0. The Morgan fingerprint density at radius 3 is 3.12 bits per heavy atom. The van der Waals surface area contributed by atoms with E-state index in [9.17, 15) is 4.21 Å². The van der Waals surface area contributed by atoms with Crippen molar-refractivity contribution >= 4 is 21.8 Å². The van der Waals surface area contributed by atoms with Gasteiger partial charge in [0.1, 0.15) is 16.7 Å². The quantitative estimate of drug-likeness (QED) is 0.928. The summed E-state index contributed by atoms with van der Waals surface area (Å²) >= 11 is 0. The first kappa shape index (κ1) is 16.0. The van der Waals surface area contributed by atoms with Gasteiger partial charge in [-0.3, -0.25) is 4.98 Å². The molecule has 2 fully saturated rings. The zero-order valence-electron chi connectivity index (χ0n) is 13.9. The van der Waals surface area contributed by atoms with Gasteiger partial charge in [0.25, 0.3) is 0 Å². The Bertz CT molecular complexity index is 762. The van der Waals surface area contributed by atoms with Crippen molar-refractivity contribution in [2.24, 2.45) is 5.92 Å². The van der Waals surface area contributed by atoms with E-state index in [0.29, 0.717) is 17.7 Å². The number of ether oxygens (including phenoxy) is 1. The lowest BCUT2D eigenvalue weighted by Crippen LogP contribution is -2.52. The molecule has 24 heavy (non-hydrogen) atoms. The molecule has 2 saturated heterocycles. The molecule has 2 aliphatic rings. The van der Waals surface area contributed by atoms with Crippen molar-refractivity contribution in [3.63, 3.8) is 0 Å². The van der Waals surface area contributed by atoms with Crippen LogP contribution in [-0.4, -0.2) is 46.3 Å². The van der Waals surface area contributed by atoms with Crippen molar-refractivity contribution < 1.29 is 8.95 Å². The van der Waals surface area contributed by atoms with Gasteiger partial charge in [-0.15, -0.1) is 0 Å². The molecule has 3 unspecified atom stereocenters. The Kier molecular flexibility index (Phi) is 4.52. The van der Waals surface area contributed by atoms with E-state index in [1.807, 2.05) is 18.2 Å². The van der Waals surface area contributed by atoms with Crippen LogP contribution in [0, 0.1) is 5.92 Å². The van der Waals surface area contributed by atoms with E-state index in [1.165, 1.54) is 12.8 Å². The van der Waals surface area contributed by atoms with Gasteiger partial charge in [0.2, 0.25) is 0 Å². The highest BCUT2D eigenvalue weighted by molar-refractivity contribution is 7.83. The summed E-state index contributed by atoms with van der Waals surface area (Å²) in [6, 6.07) is 6.49. The van der Waals surface area contributed by atoms with Crippen molar-refractivity contribution in [2.45, 2.75) is 30.2 Å². The smallest absolute Gasteiger partial charge is 0.146 e. The summed E-state index contributed by atoms with van der Waals surface area (Å²) < 4.78 is 20.9. The highest BCUT2D eigenvalue weighted by Crippen LogP contribution is 2.33. The van der Waals surface area contributed by atoms with Gasteiger partial charge < -0.3 is 10.1 Å². The molecule has 128 valence electrons. The fourth-order valence-electron chi connectivity index (χ4n) is 3.97. The molecule has 0 radical (unpaired) electrons. The predicted octanol–water partition coefficient (Wildman–Crippen LogP) is 2.34. The highest BCUT2D eigenvalue weighted by Gasteiger charge is 2.33. The SMILES string of the molecule is COc1cncc2cccc(S(=O)N3CCC4NCCCC4C3)c12. The minimum absolute atomic E-state index is 0.596. The molecule has 1 N–H and O–H groups in total. The number of rotatable bonds is 3. The van der Waals surface area contributed by atoms with Gasteiger partial charge in [0, 0.05) is 36.1 Å². The summed E-state index contributed by atoms with van der Waals surface area (Å²) in [5.41, 5.74) is 0. The lowest BCUT2D eigenvalue weighted by Gasteiger charge is -2.41. The summed E-state index contributed by atoms with van der Waals surface area (Å²) in [6.07, 6.45) is 7.01. The van der Waals surface area contributed by atoms with E-state index in [1.54, 1.807) is 19.5 Å². The number of hydrogen-bond acceptors (Lipinski definition) is 4. The number of piperidine rings is 2. The molecule has 3 atom stereocenters. The van der Waals surface area contributed by atoms with Gasteiger partial charge in [-0.2, -0.15) is 0 Å². The topological polar surface area (TPSA) is 54.5 Å². The van der Waals surface area contributed by atoms with E-state index < -0.39 is 11.0 Å². The number of pyridine rings is 1. The maximum Gasteiger partial charge on any atom is 0.146 e. The van der Waals surface area contributed by atoms with Crippen molar-refractivity contribution in [2.75, 3.05) is 26.7 Å². The first-order valence-electron chi connectivity index (χ1n) is 8.59. The summed E-state index contributed by atoms with van der Waals surface area (Å²) in [4.78, 5) is 5.03. The number of fused-ring (bicyclic) bond motifs is 2. The first-order valence-corrected chi connectivity index (χ1v) is 9.69. The van der Waals surface area contributed by atoms with Gasteiger partial charge in [-0.1, -0.05) is 12.1 Å². The molecule has 2 aromatic rings. The number of nitrogens with one attached hydrogen (secondary N) is 1. The maximum atomic E-state index is 13.3. The third-order valence-electron chi connectivity index (χ3n) is 5.21. The zero-order valence-corrected chi connectivity index (χ0v) is 14.7. The summed E-state index contributed by atoms with van der Waals surface area (Å²) in [6.45, 7) is 2.89. The molecule has 0 bridgehead atoms. The van der Waals surface area contributed by atoms with Crippen molar-refractivity contribution in [3.8, 4) is 5.75 Å². The minimum atomic E-state index is -1.17. The third kappa shape index (κ3) is 2.83. The van der Waals surface area contributed by atoms with Gasteiger partial charge in [-0.25, -0.2) is 8.51 Å². The van der Waals surface area contributed by atoms with Crippen LogP contribution in [0.3, 0.4) is 0 Å². The summed E-state index contributed by atoms with van der Waals surface area (Å²) in [5, 5.41) is 5.50. The van der Waals surface area contributed by atoms with Crippen molar-refractivity contribution in [1.82, 2.24) is 14.6 Å². The van der Waals surface area contributed by atoms with Crippen LogP contribution in [0.15, 0.2) is 35.5 Å². The number of hydrogen-bond donors (Lipinski definition) is 1. The lowest BCUT2D eigenvalue weighted by atomic mass is 9.86. The molecule has 3 heterocycles. The second kappa shape index (κ2) is 6.78. The van der Waals surface area contributed by atoms with Gasteiger partial charge in [0.15, 0.2) is 0 Å². The van der Waals surface area contributed by atoms with E-state index >= 15 is 0 Å². The van der Waals surface area contributed by atoms with Crippen LogP contribution in [0.5, 0.6) is 5.75 Å². The van der Waals surface area contributed by atoms with Crippen LogP contribution in [0.25, 0.3) is 10.8 Å². The number of aromatic nitrogens is 1. The maximum absolute atomic E-state index is 13.3. The second-order valence-corrected chi connectivity index (χ2v) is 8.04. The van der Waals surface area contributed by atoms with E-state index in [-0.39, 0.29) is 0 Å². The number of nitrogens with zero attached hydrogens (tertiary/aromatic N) is 2. The molecule has 2 aliphatic heterocycles. The van der Waals surface area contributed by atoms with Crippen LogP contribution >= 0.6 is 0 Å². The summed E-state index contributed by atoms with van der Waals surface area (Å²) in [7, 11) is 0.461. The van der Waals surface area contributed by atoms with Crippen LogP contribution in [0.2, 0.25) is 0 Å². The molecule has 0 amide bonds. The molecule has 4 rings (SSSR count).